The van der Waals surface area contributed by atoms with Gasteiger partial charge in [-0.2, -0.15) is 0 Å². The van der Waals surface area contributed by atoms with Crippen molar-refractivity contribution in [3.63, 3.8) is 0 Å². The molecule has 162 valence electrons. The van der Waals surface area contributed by atoms with Crippen molar-refractivity contribution in [1.29, 1.82) is 0 Å². The van der Waals surface area contributed by atoms with Crippen molar-refractivity contribution < 1.29 is 0 Å². The van der Waals surface area contributed by atoms with Crippen LogP contribution in [-0.2, 0) is 6.54 Å². The Kier molecular flexibility index (Phi) is 5.59. The second kappa shape index (κ2) is 8.84. The smallest absolute Gasteiger partial charge is 0.209 e. The molecule has 0 bridgehead atoms. The van der Waals surface area contributed by atoms with Crippen LogP contribution in [0.4, 0.5) is 5.69 Å². The Balaban J connectivity index is 1.65. The van der Waals surface area contributed by atoms with Gasteiger partial charge in [0.05, 0.1) is 17.9 Å². The van der Waals surface area contributed by atoms with E-state index in [1.165, 1.54) is 0 Å². The number of aromatic nitrogens is 4. The quantitative estimate of drug-likeness (QED) is 0.337. The number of nitrogens with one attached hydrogen (secondary N) is 2. The number of benzene rings is 2. The van der Waals surface area contributed by atoms with E-state index in [-0.39, 0.29) is 10.9 Å². The zero-order chi connectivity index (χ0) is 22.8. The highest BCUT2D eigenvalue weighted by Gasteiger charge is 2.16. The lowest BCUT2D eigenvalue weighted by Crippen LogP contribution is -2.12. The summed E-state index contributed by atoms with van der Waals surface area (Å²) in [5.41, 5.74) is 5.86. The van der Waals surface area contributed by atoms with E-state index in [2.05, 4.69) is 15.3 Å². The van der Waals surface area contributed by atoms with Gasteiger partial charge in [0.15, 0.2) is 11.2 Å². The van der Waals surface area contributed by atoms with Crippen molar-refractivity contribution >= 4 is 28.5 Å². The van der Waals surface area contributed by atoms with Gasteiger partial charge in [0.2, 0.25) is 5.43 Å². The zero-order valence-electron chi connectivity index (χ0n) is 17.8. The fourth-order valence-electron chi connectivity index (χ4n) is 3.72. The van der Waals surface area contributed by atoms with Crippen LogP contribution < -0.4 is 10.7 Å². The Hall–Kier alpha value is -4.03. The highest BCUT2D eigenvalue weighted by atomic mass is 35.5. The SMILES string of the molecule is Cc1cc(-c2nc3c(=O)cc(CNc4ccccc4)[nH]c3nc2-c2ccccc2)cc(Cl)n1. The first-order valence-electron chi connectivity index (χ1n) is 10.5. The molecule has 0 atom stereocenters. The Morgan fingerprint density at radius 2 is 1.55 bits per heavy atom. The number of hydrogen-bond acceptors (Lipinski definition) is 5. The number of para-hydroxylation sites is 1. The van der Waals surface area contributed by atoms with Crippen molar-refractivity contribution in [1.82, 2.24) is 19.9 Å². The molecule has 0 aliphatic carbocycles. The molecule has 0 aliphatic rings. The van der Waals surface area contributed by atoms with Gasteiger partial charge in [0.25, 0.3) is 0 Å². The normalized spacial score (nSPS) is 11.0. The topological polar surface area (TPSA) is 83.6 Å². The summed E-state index contributed by atoms with van der Waals surface area (Å²) in [6.45, 7) is 2.32. The van der Waals surface area contributed by atoms with Crippen LogP contribution in [0.15, 0.2) is 83.7 Å². The summed E-state index contributed by atoms with van der Waals surface area (Å²) in [6, 6.07) is 24.8. The summed E-state index contributed by atoms with van der Waals surface area (Å²) in [6.07, 6.45) is 0. The van der Waals surface area contributed by atoms with Crippen LogP contribution in [0.25, 0.3) is 33.7 Å². The predicted molar refractivity (Wildman–Crippen MR) is 132 cm³/mol. The molecule has 6 nitrogen and oxygen atoms in total. The van der Waals surface area contributed by atoms with Gasteiger partial charge in [-0.1, -0.05) is 60.1 Å². The van der Waals surface area contributed by atoms with Crippen LogP contribution in [0.1, 0.15) is 11.4 Å². The molecular formula is C26H20ClN5O. The summed E-state index contributed by atoms with van der Waals surface area (Å²) in [5.74, 6) is 0. The summed E-state index contributed by atoms with van der Waals surface area (Å²) in [4.78, 5) is 30.1. The maximum Gasteiger partial charge on any atom is 0.209 e. The van der Waals surface area contributed by atoms with Crippen LogP contribution in [0.2, 0.25) is 5.15 Å². The lowest BCUT2D eigenvalue weighted by Gasteiger charge is -2.12. The zero-order valence-corrected chi connectivity index (χ0v) is 18.6. The lowest BCUT2D eigenvalue weighted by atomic mass is 10.0. The first kappa shape index (κ1) is 20.8. The average molecular weight is 454 g/mol. The summed E-state index contributed by atoms with van der Waals surface area (Å²) >= 11 is 6.22. The lowest BCUT2D eigenvalue weighted by molar-refractivity contribution is 1.04. The first-order chi connectivity index (χ1) is 16.1. The predicted octanol–water partition coefficient (Wildman–Crippen LogP) is 5.62. The number of fused-ring (bicyclic) bond motifs is 1. The van der Waals surface area contributed by atoms with E-state index in [0.29, 0.717) is 28.7 Å². The van der Waals surface area contributed by atoms with Crippen LogP contribution in [0.5, 0.6) is 0 Å². The third-order valence-corrected chi connectivity index (χ3v) is 5.41. The minimum absolute atomic E-state index is 0.196. The van der Waals surface area contributed by atoms with Gasteiger partial charge in [-0.3, -0.25) is 4.79 Å². The maximum atomic E-state index is 13.0. The molecular weight excluding hydrogens is 434 g/mol. The number of pyridine rings is 2. The average Bonchev–Trinajstić information content (AvgIpc) is 2.83. The largest absolute Gasteiger partial charge is 0.379 e. The van der Waals surface area contributed by atoms with Gasteiger partial charge in [-0.25, -0.2) is 15.0 Å². The Bertz CT molecular complexity index is 1480. The van der Waals surface area contributed by atoms with Crippen molar-refractivity contribution in [3.8, 4) is 22.5 Å². The van der Waals surface area contributed by atoms with E-state index in [1.54, 1.807) is 12.1 Å². The molecule has 0 fully saturated rings. The van der Waals surface area contributed by atoms with E-state index >= 15 is 0 Å². The molecule has 5 aromatic rings. The molecule has 0 saturated heterocycles. The molecule has 0 spiro atoms. The molecule has 2 aromatic carbocycles. The molecule has 0 radical (unpaired) electrons. The molecule has 0 aliphatic heterocycles. The second-order valence-corrected chi connectivity index (χ2v) is 8.07. The number of anilines is 1. The fraction of sp³-hybridized carbons (Fsp3) is 0.0769. The molecule has 2 N–H and O–H groups in total. The highest BCUT2D eigenvalue weighted by Crippen LogP contribution is 2.31. The molecule has 33 heavy (non-hydrogen) atoms. The van der Waals surface area contributed by atoms with Gasteiger partial charge in [-0.05, 0) is 31.2 Å². The third kappa shape index (κ3) is 4.47. The standard InChI is InChI=1S/C26H20ClN5O/c1-16-12-18(13-22(27)29-16)24-23(17-8-4-2-5-9-17)32-26-25(31-24)21(33)14-20(30-26)15-28-19-10-6-3-7-11-19/h2-14,28H,15H2,1H3,(H,30,32,33). The molecule has 7 heteroatoms. The Morgan fingerprint density at radius 3 is 2.27 bits per heavy atom. The van der Waals surface area contributed by atoms with Crippen LogP contribution >= 0.6 is 11.6 Å². The van der Waals surface area contributed by atoms with E-state index < -0.39 is 0 Å². The number of aromatic amines is 1. The minimum atomic E-state index is -0.196. The van der Waals surface area contributed by atoms with E-state index in [0.717, 1.165) is 28.2 Å². The highest BCUT2D eigenvalue weighted by molar-refractivity contribution is 6.29. The molecule has 0 amide bonds. The van der Waals surface area contributed by atoms with Gasteiger partial charge in [0, 0.05) is 34.3 Å². The number of aryl methyl sites for hydroxylation is 1. The van der Waals surface area contributed by atoms with Crippen molar-refractivity contribution in [2.45, 2.75) is 13.5 Å². The van der Waals surface area contributed by atoms with Crippen molar-refractivity contribution in [2.75, 3.05) is 5.32 Å². The Morgan fingerprint density at radius 1 is 0.848 bits per heavy atom. The van der Waals surface area contributed by atoms with E-state index in [4.69, 9.17) is 21.6 Å². The van der Waals surface area contributed by atoms with Crippen LogP contribution in [-0.4, -0.2) is 19.9 Å². The monoisotopic (exact) mass is 453 g/mol. The number of halogens is 1. The molecule has 5 rings (SSSR count). The van der Waals surface area contributed by atoms with Crippen molar-refractivity contribution in [3.05, 3.63) is 106 Å². The van der Waals surface area contributed by atoms with Gasteiger partial charge < -0.3 is 10.3 Å². The van der Waals surface area contributed by atoms with Gasteiger partial charge >= 0.3 is 0 Å². The minimum Gasteiger partial charge on any atom is -0.379 e. The van der Waals surface area contributed by atoms with E-state index in [1.807, 2.05) is 73.7 Å². The molecule has 0 unspecified atom stereocenters. The van der Waals surface area contributed by atoms with Crippen molar-refractivity contribution in [2.24, 2.45) is 0 Å². The summed E-state index contributed by atoms with van der Waals surface area (Å²) in [7, 11) is 0. The van der Waals surface area contributed by atoms with Crippen LogP contribution in [0.3, 0.4) is 0 Å². The van der Waals surface area contributed by atoms with E-state index in [9.17, 15) is 4.79 Å². The summed E-state index contributed by atoms with van der Waals surface area (Å²) in [5, 5.41) is 3.67. The Labute approximate surface area is 195 Å². The van der Waals surface area contributed by atoms with Gasteiger partial charge in [0.1, 0.15) is 5.15 Å². The first-order valence-corrected chi connectivity index (χ1v) is 10.9. The second-order valence-electron chi connectivity index (χ2n) is 7.68. The maximum absolute atomic E-state index is 13.0. The summed E-state index contributed by atoms with van der Waals surface area (Å²) < 4.78 is 0. The molecule has 3 heterocycles. The molecule has 0 saturated carbocycles. The number of nitrogens with zero attached hydrogens (tertiary/aromatic N) is 3. The number of hydrogen-bond donors (Lipinski definition) is 2. The third-order valence-electron chi connectivity index (χ3n) is 5.21. The van der Waals surface area contributed by atoms with Gasteiger partial charge in [-0.15, -0.1) is 0 Å². The van der Waals surface area contributed by atoms with Crippen LogP contribution in [0, 0.1) is 6.92 Å². The number of H-pyrrole nitrogens is 1. The molecule has 3 aromatic heterocycles. The number of rotatable bonds is 5. The fourth-order valence-corrected chi connectivity index (χ4v) is 3.97.